The van der Waals surface area contributed by atoms with Gasteiger partial charge in [-0.05, 0) is 25.5 Å². The standard InChI is InChI=1S/C11H20N4O/c1-10(11-9-13-14-15(11)2)5-4-6-12-7-8-16-3/h5,9,12H,4,6-8H2,1-3H3/b10-5-. The first-order valence-corrected chi connectivity index (χ1v) is 5.47. The molecule has 0 aromatic carbocycles. The van der Waals surface area contributed by atoms with Gasteiger partial charge in [0.1, 0.15) is 0 Å². The molecule has 0 fully saturated rings. The van der Waals surface area contributed by atoms with Crippen LogP contribution in [0, 0.1) is 0 Å². The Morgan fingerprint density at radius 3 is 3.00 bits per heavy atom. The Morgan fingerprint density at radius 1 is 1.56 bits per heavy atom. The van der Waals surface area contributed by atoms with Gasteiger partial charge in [0.2, 0.25) is 0 Å². The van der Waals surface area contributed by atoms with Crippen LogP contribution in [0.2, 0.25) is 0 Å². The van der Waals surface area contributed by atoms with Crippen LogP contribution in [-0.2, 0) is 11.8 Å². The van der Waals surface area contributed by atoms with Gasteiger partial charge in [-0.1, -0.05) is 11.3 Å². The van der Waals surface area contributed by atoms with Gasteiger partial charge in [0.25, 0.3) is 0 Å². The summed E-state index contributed by atoms with van der Waals surface area (Å²) in [5.74, 6) is 0. The highest BCUT2D eigenvalue weighted by Gasteiger charge is 2.00. The number of nitrogens with one attached hydrogen (secondary N) is 1. The maximum atomic E-state index is 4.95. The molecule has 0 aliphatic rings. The van der Waals surface area contributed by atoms with E-state index in [1.807, 2.05) is 7.05 Å². The van der Waals surface area contributed by atoms with Gasteiger partial charge >= 0.3 is 0 Å². The van der Waals surface area contributed by atoms with E-state index in [0.717, 1.165) is 31.8 Å². The van der Waals surface area contributed by atoms with E-state index in [-0.39, 0.29) is 0 Å². The minimum Gasteiger partial charge on any atom is -0.383 e. The number of ether oxygens (including phenoxy) is 1. The van der Waals surface area contributed by atoms with Crippen LogP contribution in [0.1, 0.15) is 19.0 Å². The third-order valence-corrected chi connectivity index (χ3v) is 2.37. The lowest BCUT2D eigenvalue weighted by Crippen LogP contribution is -2.19. The first kappa shape index (κ1) is 12.9. The number of rotatable bonds is 7. The molecule has 0 bridgehead atoms. The summed E-state index contributed by atoms with van der Waals surface area (Å²) >= 11 is 0. The van der Waals surface area contributed by atoms with Gasteiger partial charge < -0.3 is 10.1 Å². The van der Waals surface area contributed by atoms with Crippen molar-refractivity contribution in [1.29, 1.82) is 0 Å². The number of aryl methyl sites for hydroxylation is 1. The molecule has 5 heteroatoms. The predicted octanol–water partition coefficient (Wildman–Crippen LogP) is 0.844. The molecular weight excluding hydrogens is 204 g/mol. The predicted molar refractivity (Wildman–Crippen MR) is 64.0 cm³/mol. The minimum absolute atomic E-state index is 0.758. The van der Waals surface area contributed by atoms with E-state index in [0.29, 0.717) is 0 Å². The molecule has 16 heavy (non-hydrogen) atoms. The number of hydrogen-bond donors (Lipinski definition) is 1. The molecule has 0 atom stereocenters. The Hall–Kier alpha value is -1.20. The lowest BCUT2D eigenvalue weighted by molar-refractivity contribution is 0.199. The summed E-state index contributed by atoms with van der Waals surface area (Å²) in [6, 6.07) is 0. The fraction of sp³-hybridized carbons (Fsp3) is 0.636. The Kier molecular flexibility index (Phi) is 5.74. The van der Waals surface area contributed by atoms with Crippen LogP contribution >= 0.6 is 0 Å². The van der Waals surface area contributed by atoms with Crippen LogP contribution in [0.25, 0.3) is 5.57 Å². The molecule has 0 saturated carbocycles. The van der Waals surface area contributed by atoms with Crippen molar-refractivity contribution in [2.75, 3.05) is 26.8 Å². The molecule has 0 saturated heterocycles. The van der Waals surface area contributed by atoms with Crippen molar-refractivity contribution in [1.82, 2.24) is 20.3 Å². The minimum atomic E-state index is 0.758. The van der Waals surface area contributed by atoms with E-state index in [4.69, 9.17) is 4.74 Å². The van der Waals surface area contributed by atoms with E-state index in [9.17, 15) is 0 Å². The van der Waals surface area contributed by atoms with E-state index in [1.165, 1.54) is 5.57 Å². The molecule has 0 spiro atoms. The molecule has 90 valence electrons. The molecule has 1 N–H and O–H groups in total. The van der Waals surface area contributed by atoms with Gasteiger partial charge in [-0.2, -0.15) is 0 Å². The summed E-state index contributed by atoms with van der Waals surface area (Å²) in [6.45, 7) is 4.70. The maximum absolute atomic E-state index is 4.95. The number of hydrogen-bond acceptors (Lipinski definition) is 4. The number of aromatic nitrogens is 3. The van der Waals surface area contributed by atoms with Crippen LogP contribution in [-0.4, -0.2) is 41.8 Å². The zero-order valence-electron chi connectivity index (χ0n) is 10.2. The second-order valence-electron chi connectivity index (χ2n) is 3.66. The van der Waals surface area contributed by atoms with Crippen molar-refractivity contribution in [2.45, 2.75) is 13.3 Å². The Balaban J connectivity index is 2.27. The maximum Gasteiger partial charge on any atom is 0.0835 e. The normalized spacial score (nSPS) is 12.1. The average Bonchev–Trinajstić information content (AvgIpc) is 2.69. The third kappa shape index (κ3) is 4.12. The first-order chi connectivity index (χ1) is 7.75. The molecule has 1 rings (SSSR count). The molecule has 0 aliphatic carbocycles. The van der Waals surface area contributed by atoms with Crippen LogP contribution < -0.4 is 5.32 Å². The van der Waals surface area contributed by atoms with Gasteiger partial charge in [-0.3, -0.25) is 0 Å². The van der Waals surface area contributed by atoms with Crippen molar-refractivity contribution in [3.05, 3.63) is 18.0 Å². The van der Waals surface area contributed by atoms with Crippen molar-refractivity contribution in [3.63, 3.8) is 0 Å². The van der Waals surface area contributed by atoms with E-state index in [1.54, 1.807) is 18.0 Å². The fourth-order valence-electron chi connectivity index (χ4n) is 1.44. The largest absolute Gasteiger partial charge is 0.383 e. The van der Waals surface area contributed by atoms with Crippen molar-refractivity contribution >= 4 is 5.57 Å². The number of nitrogens with zero attached hydrogens (tertiary/aromatic N) is 3. The first-order valence-electron chi connectivity index (χ1n) is 5.47. The van der Waals surface area contributed by atoms with Gasteiger partial charge in [0.05, 0.1) is 18.5 Å². The fourth-order valence-corrected chi connectivity index (χ4v) is 1.44. The summed E-state index contributed by atoms with van der Waals surface area (Å²) in [5.41, 5.74) is 2.28. The second-order valence-corrected chi connectivity index (χ2v) is 3.66. The van der Waals surface area contributed by atoms with Crippen molar-refractivity contribution in [3.8, 4) is 0 Å². The summed E-state index contributed by atoms with van der Waals surface area (Å²) in [5, 5.41) is 11.0. The molecule has 5 nitrogen and oxygen atoms in total. The van der Waals surface area contributed by atoms with Crippen LogP contribution in [0.4, 0.5) is 0 Å². The highest BCUT2D eigenvalue weighted by molar-refractivity contribution is 5.59. The molecule has 0 amide bonds. The molecule has 0 radical (unpaired) electrons. The van der Waals surface area contributed by atoms with Crippen LogP contribution in [0.5, 0.6) is 0 Å². The quantitative estimate of drug-likeness (QED) is 0.697. The van der Waals surface area contributed by atoms with Crippen molar-refractivity contribution < 1.29 is 4.74 Å². The number of methoxy groups -OCH3 is 1. The third-order valence-electron chi connectivity index (χ3n) is 2.37. The molecule has 0 unspecified atom stereocenters. The Morgan fingerprint density at radius 2 is 2.38 bits per heavy atom. The van der Waals surface area contributed by atoms with Gasteiger partial charge in [0, 0.05) is 20.7 Å². The average molecular weight is 224 g/mol. The molecule has 1 heterocycles. The smallest absolute Gasteiger partial charge is 0.0835 e. The van der Waals surface area contributed by atoms with Crippen molar-refractivity contribution in [2.24, 2.45) is 7.05 Å². The van der Waals surface area contributed by atoms with Gasteiger partial charge in [-0.15, -0.1) is 5.10 Å². The lowest BCUT2D eigenvalue weighted by atomic mass is 10.2. The summed E-state index contributed by atoms with van der Waals surface area (Å²) in [4.78, 5) is 0. The monoisotopic (exact) mass is 224 g/mol. The highest BCUT2D eigenvalue weighted by Crippen LogP contribution is 2.10. The summed E-state index contributed by atoms with van der Waals surface area (Å²) in [6.07, 6.45) is 4.98. The zero-order chi connectivity index (χ0) is 11.8. The molecule has 1 aromatic heterocycles. The Labute approximate surface area is 96.5 Å². The molecule has 1 aromatic rings. The van der Waals surface area contributed by atoms with E-state index >= 15 is 0 Å². The zero-order valence-corrected chi connectivity index (χ0v) is 10.2. The lowest BCUT2D eigenvalue weighted by Gasteiger charge is -2.03. The van der Waals surface area contributed by atoms with Gasteiger partial charge in [-0.25, -0.2) is 4.68 Å². The molecule has 0 aliphatic heterocycles. The Bertz CT molecular complexity index is 332. The highest BCUT2D eigenvalue weighted by atomic mass is 16.5. The SMILES string of the molecule is COCCNCC/C=C(/C)c1cnnn1C. The second kappa shape index (κ2) is 7.14. The topological polar surface area (TPSA) is 52.0 Å². The molecular formula is C11H20N4O. The van der Waals surface area contributed by atoms with E-state index < -0.39 is 0 Å². The van der Waals surface area contributed by atoms with Crippen LogP contribution in [0.3, 0.4) is 0 Å². The van der Waals surface area contributed by atoms with Gasteiger partial charge in [0.15, 0.2) is 0 Å². The summed E-state index contributed by atoms with van der Waals surface area (Å²) < 4.78 is 6.73. The summed E-state index contributed by atoms with van der Waals surface area (Å²) in [7, 11) is 3.61. The number of allylic oxidation sites excluding steroid dienone is 1. The van der Waals surface area contributed by atoms with E-state index in [2.05, 4.69) is 28.6 Å². The van der Waals surface area contributed by atoms with Crippen LogP contribution in [0.15, 0.2) is 12.3 Å².